The molecule has 2 N–H and O–H groups in total. The maximum absolute atomic E-state index is 10.8. The van der Waals surface area contributed by atoms with E-state index in [1.807, 2.05) is 6.92 Å². The van der Waals surface area contributed by atoms with Gasteiger partial charge >= 0.3 is 5.97 Å². The smallest absolute Gasteiger partial charge is 0.322 e. The molecule has 0 saturated carbocycles. The molecule has 12 heavy (non-hydrogen) atoms. The Balaban J connectivity index is 3.31. The molecule has 0 rings (SSSR count). The van der Waals surface area contributed by atoms with Crippen molar-refractivity contribution >= 4 is 5.97 Å². The average molecular weight is 175 g/mol. The Morgan fingerprint density at radius 2 is 2.17 bits per heavy atom. The lowest BCUT2D eigenvalue weighted by Gasteiger charge is -2.08. The SMILES string of the molecule is CCCOCCC(N)C(=O)OC. The Kier molecular flexibility index (Phi) is 6.70. The Hall–Kier alpha value is -0.610. The van der Waals surface area contributed by atoms with Gasteiger partial charge in [0.1, 0.15) is 6.04 Å². The van der Waals surface area contributed by atoms with Crippen LogP contribution in [0.3, 0.4) is 0 Å². The van der Waals surface area contributed by atoms with Crippen molar-refractivity contribution in [1.82, 2.24) is 0 Å². The van der Waals surface area contributed by atoms with Crippen molar-refractivity contribution in [2.45, 2.75) is 25.8 Å². The van der Waals surface area contributed by atoms with Gasteiger partial charge in [-0.2, -0.15) is 0 Å². The van der Waals surface area contributed by atoms with Crippen molar-refractivity contribution < 1.29 is 14.3 Å². The number of esters is 1. The Labute approximate surface area is 73.0 Å². The Morgan fingerprint density at radius 3 is 2.67 bits per heavy atom. The molecular weight excluding hydrogens is 158 g/mol. The van der Waals surface area contributed by atoms with Gasteiger partial charge in [0, 0.05) is 13.2 Å². The average Bonchev–Trinajstić information content (AvgIpc) is 2.10. The van der Waals surface area contributed by atoms with Gasteiger partial charge in [0.15, 0.2) is 0 Å². The van der Waals surface area contributed by atoms with Crippen molar-refractivity contribution in [3.05, 3.63) is 0 Å². The second kappa shape index (κ2) is 7.06. The van der Waals surface area contributed by atoms with E-state index < -0.39 is 6.04 Å². The van der Waals surface area contributed by atoms with Gasteiger partial charge in [-0.15, -0.1) is 0 Å². The number of nitrogens with two attached hydrogens (primary N) is 1. The maximum Gasteiger partial charge on any atom is 0.322 e. The van der Waals surface area contributed by atoms with Crippen LogP contribution in [0.1, 0.15) is 19.8 Å². The molecule has 0 amide bonds. The molecule has 0 aliphatic rings. The number of ether oxygens (including phenoxy) is 2. The molecule has 0 aromatic carbocycles. The molecule has 0 saturated heterocycles. The molecule has 1 unspecified atom stereocenters. The highest BCUT2D eigenvalue weighted by molar-refractivity contribution is 5.75. The van der Waals surface area contributed by atoms with Crippen LogP contribution in [0.15, 0.2) is 0 Å². The largest absolute Gasteiger partial charge is 0.468 e. The maximum atomic E-state index is 10.8. The molecule has 0 aromatic rings. The second-order valence-corrected chi connectivity index (χ2v) is 2.53. The first-order valence-electron chi connectivity index (χ1n) is 4.13. The van der Waals surface area contributed by atoms with Crippen molar-refractivity contribution in [3.8, 4) is 0 Å². The molecule has 0 aliphatic carbocycles. The van der Waals surface area contributed by atoms with Crippen LogP contribution in [0.25, 0.3) is 0 Å². The molecule has 1 atom stereocenters. The summed E-state index contributed by atoms with van der Waals surface area (Å²) in [7, 11) is 1.33. The van der Waals surface area contributed by atoms with Gasteiger partial charge in [-0.25, -0.2) is 0 Å². The number of rotatable bonds is 6. The standard InChI is InChI=1S/C8H17NO3/c1-3-5-12-6-4-7(9)8(10)11-2/h7H,3-6,9H2,1-2H3. The summed E-state index contributed by atoms with van der Waals surface area (Å²) in [5.74, 6) is -0.380. The van der Waals surface area contributed by atoms with E-state index in [0.29, 0.717) is 19.6 Å². The molecule has 0 aliphatic heterocycles. The number of carbonyl (C=O) groups is 1. The van der Waals surface area contributed by atoms with E-state index >= 15 is 0 Å². The van der Waals surface area contributed by atoms with Crippen LogP contribution in [-0.4, -0.2) is 32.3 Å². The Bertz CT molecular complexity index is 127. The van der Waals surface area contributed by atoms with Gasteiger partial charge in [-0.05, 0) is 12.8 Å². The molecule has 72 valence electrons. The third-order valence-corrected chi connectivity index (χ3v) is 1.43. The van der Waals surface area contributed by atoms with E-state index in [-0.39, 0.29) is 5.97 Å². The van der Waals surface area contributed by atoms with E-state index in [1.54, 1.807) is 0 Å². The van der Waals surface area contributed by atoms with Crippen LogP contribution in [0.2, 0.25) is 0 Å². The highest BCUT2D eigenvalue weighted by Crippen LogP contribution is 1.92. The minimum Gasteiger partial charge on any atom is -0.468 e. The van der Waals surface area contributed by atoms with Gasteiger partial charge in [0.2, 0.25) is 0 Å². The van der Waals surface area contributed by atoms with Gasteiger partial charge < -0.3 is 15.2 Å². The monoisotopic (exact) mass is 175 g/mol. The number of hydrogen-bond acceptors (Lipinski definition) is 4. The van der Waals surface area contributed by atoms with Gasteiger partial charge in [-0.1, -0.05) is 6.92 Å². The number of hydrogen-bond donors (Lipinski definition) is 1. The van der Waals surface area contributed by atoms with Crippen LogP contribution in [0.4, 0.5) is 0 Å². The van der Waals surface area contributed by atoms with Crippen molar-refractivity contribution in [2.24, 2.45) is 5.73 Å². The summed E-state index contributed by atoms with van der Waals surface area (Å²) in [6.07, 6.45) is 1.50. The molecule has 0 radical (unpaired) electrons. The summed E-state index contributed by atoms with van der Waals surface area (Å²) in [6, 6.07) is -0.549. The zero-order valence-corrected chi connectivity index (χ0v) is 7.71. The van der Waals surface area contributed by atoms with E-state index in [9.17, 15) is 4.79 Å². The third-order valence-electron chi connectivity index (χ3n) is 1.43. The second-order valence-electron chi connectivity index (χ2n) is 2.53. The summed E-state index contributed by atoms with van der Waals surface area (Å²) in [4.78, 5) is 10.8. The lowest BCUT2D eigenvalue weighted by Crippen LogP contribution is -2.32. The molecule has 0 fully saturated rings. The van der Waals surface area contributed by atoms with Crippen LogP contribution < -0.4 is 5.73 Å². The minimum absolute atomic E-state index is 0.380. The first-order chi connectivity index (χ1) is 5.72. The third kappa shape index (κ3) is 5.09. The lowest BCUT2D eigenvalue weighted by atomic mass is 10.2. The van der Waals surface area contributed by atoms with Gasteiger partial charge in [0.05, 0.1) is 7.11 Å². The predicted molar refractivity (Wildman–Crippen MR) is 45.7 cm³/mol. The van der Waals surface area contributed by atoms with Crippen LogP contribution >= 0.6 is 0 Å². The minimum atomic E-state index is -0.549. The summed E-state index contributed by atoms with van der Waals surface area (Å²) >= 11 is 0. The summed E-state index contributed by atoms with van der Waals surface area (Å²) in [6.45, 7) is 3.26. The fourth-order valence-electron chi connectivity index (χ4n) is 0.726. The van der Waals surface area contributed by atoms with Crippen molar-refractivity contribution in [1.29, 1.82) is 0 Å². The van der Waals surface area contributed by atoms with Crippen LogP contribution in [0, 0.1) is 0 Å². The summed E-state index contributed by atoms with van der Waals surface area (Å²) in [5.41, 5.74) is 5.46. The molecule has 0 bridgehead atoms. The van der Waals surface area contributed by atoms with Crippen LogP contribution in [0.5, 0.6) is 0 Å². The first kappa shape index (κ1) is 11.4. The topological polar surface area (TPSA) is 61.5 Å². The van der Waals surface area contributed by atoms with Crippen LogP contribution in [-0.2, 0) is 14.3 Å². The van der Waals surface area contributed by atoms with Crippen molar-refractivity contribution in [3.63, 3.8) is 0 Å². The molecule has 0 heterocycles. The molecule has 4 nitrogen and oxygen atoms in total. The highest BCUT2D eigenvalue weighted by Gasteiger charge is 2.12. The van der Waals surface area contributed by atoms with Gasteiger partial charge in [-0.3, -0.25) is 4.79 Å². The zero-order chi connectivity index (χ0) is 9.40. The summed E-state index contributed by atoms with van der Waals surface area (Å²) in [5, 5.41) is 0. The van der Waals surface area contributed by atoms with E-state index in [0.717, 1.165) is 6.42 Å². The van der Waals surface area contributed by atoms with E-state index in [2.05, 4.69) is 4.74 Å². The molecule has 0 spiro atoms. The predicted octanol–water partition coefficient (Wildman–Crippen LogP) is 0.303. The lowest BCUT2D eigenvalue weighted by molar-refractivity contribution is -0.142. The van der Waals surface area contributed by atoms with Crippen molar-refractivity contribution in [2.75, 3.05) is 20.3 Å². The molecule has 4 heteroatoms. The summed E-state index contributed by atoms with van der Waals surface area (Å²) < 4.78 is 9.61. The zero-order valence-electron chi connectivity index (χ0n) is 7.71. The van der Waals surface area contributed by atoms with Gasteiger partial charge in [0.25, 0.3) is 0 Å². The number of carbonyl (C=O) groups excluding carboxylic acids is 1. The normalized spacial score (nSPS) is 12.6. The van der Waals surface area contributed by atoms with E-state index in [1.165, 1.54) is 7.11 Å². The molecule has 0 aromatic heterocycles. The first-order valence-corrected chi connectivity index (χ1v) is 4.13. The Morgan fingerprint density at radius 1 is 1.50 bits per heavy atom. The highest BCUT2D eigenvalue weighted by atomic mass is 16.5. The fraction of sp³-hybridized carbons (Fsp3) is 0.875. The van der Waals surface area contributed by atoms with E-state index in [4.69, 9.17) is 10.5 Å². The number of methoxy groups -OCH3 is 1. The molecular formula is C8H17NO3. The quantitative estimate of drug-likeness (QED) is 0.466. The fourth-order valence-corrected chi connectivity index (χ4v) is 0.726.